The van der Waals surface area contributed by atoms with E-state index in [2.05, 4.69) is 15.2 Å². The van der Waals surface area contributed by atoms with Crippen LogP contribution in [0, 0.1) is 5.92 Å². The molecule has 2 aromatic rings. The molecule has 0 aliphatic carbocycles. The van der Waals surface area contributed by atoms with E-state index < -0.39 is 0 Å². The third kappa shape index (κ3) is 3.61. The second-order valence-electron chi connectivity index (χ2n) is 6.27. The standard InChI is InChI=1S/C17H18ClN3OS2/c18-15-9-19-17(24-15)23-13-3-1-12(2-4-13)16(22)20-14-10-21-7-5-11(14)6-8-21/h1-4,9,11,14H,5-8,10H2,(H,20,22)/t14-/m0/s1. The summed E-state index contributed by atoms with van der Waals surface area (Å²) in [6.07, 6.45) is 4.07. The number of halogens is 1. The monoisotopic (exact) mass is 379 g/mol. The Morgan fingerprint density at radius 2 is 2.04 bits per heavy atom. The molecule has 7 heteroatoms. The van der Waals surface area contributed by atoms with Gasteiger partial charge in [0.1, 0.15) is 4.34 Å². The van der Waals surface area contributed by atoms with Gasteiger partial charge in [-0.25, -0.2) is 4.98 Å². The summed E-state index contributed by atoms with van der Waals surface area (Å²) < 4.78 is 1.59. The summed E-state index contributed by atoms with van der Waals surface area (Å²) in [5, 5.41) is 3.22. The Bertz CT molecular complexity index is 726. The second-order valence-corrected chi connectivity index (χ2v) is 9.26. The highest BCUT2D eigenvalue weighted by Gasteiger charge is 2.34. The van der Waals surface area contributed by atoms with Crippen LogP contribution in [0.3, 0.4) is 0 Å². The molecule has 4 nitrogen and oxygen atoms in total. The topological polar surface area (TPSA) is 45.2 Å². The van der Waals surface area contributed by atoms with Crippen LogP contribution in [0.15, 0.2) is 39.7 Å². The highest BCUT2D eigenvalue weighted by atomic mass is 35.5. The summed E-state index contributed by atoms with van der Waals surface area (Å²) >= 11 is 8.91. The van der Waals surface area contributed by atoms with Crippen molar-refractivity contribution in [3.63, 3.8) is 0 Å². The molecule has 1 N–H and O–H groups in total. The minimum absolute atomic E-state index is 0.0302. The fraction of sp³-hybridized carbons (Fsp3) is 0.412. The van der Waals surface area contributed by atoms with Crippen LogP contribution in [0.2, 0.25) is 4.34 Å². The van der Waals surface area contributed by atoms with Crippen LogP contribution >= 0.6 is 34.7 Å². The van der Waals surface area contributed by atoms with Crippen molar-refractivity contribution in [2.24, 2.45) is 5.92 Å². The predicted octanol–water partition coefficient (Wildman–Crippen LogP) is 3.77. The molecule has 126 valence electrons. The van der Waals surface area contributed by atoms with E-state index in [4.69, 9.17) is 11.6 Å². The number of nitrogens with one attached hydrogen (secondary N) is 1. The summed E-state index contributed by atoms with van der Waals surface area (Å²) in [6.45, 7) is 3.36. The molecule has 0 radical (unpaired) electrons. The van der Waals surface area contributed by atoms with Gasteiger partial charge in [0.15, 0.2) is 4.34 Å². The Labute approximate surface area is 154 Å². The first kappa shape index (κ1) is 16.4. The number of fused-ring (bicyclic) bond motifs is 3. The molecular weight excluding hydrogens is 362 g/mol. The van der Waals surface area contributed by atoms with Gasteiger partial charge in [0.25, 0.3) is 5.91 Å². The van der Waals surface area contributed by atoms with Gasteiger partial charge >= 0.3 is 0 Å². The summed E-state index contributed by atoms with van der Waals surface area (Å²) in [5.41, 5.74) is 0.716. The Morgan fingerprint density at radius 1 is 1.29 bits per heavy atom. The molecule has 1 amide bonds. The molecule has 2 bridgehead atoms. The van der Waals surface area contributed by atoms with E-state index in [1.807, 2.05) is 24.3 Å². The molecule has 5 rings (SSSR count). The fourth-order valence-corrected chi connectivity index (χ4v) is 5.53. The minimum Gasteiger partial charge on any atom is -0.348 e. The maximum Gasteiger partial charge on any atom is 0.251 e. The number of thiazole rings is 1. The van der Waals surface area contributed by atoms with Crippen molar-refractivity contribution in [3.8, 4) is 0 Å². The molecule has 1 aromatic heterocycles. The number of rotatable bonds is 4. The minimum atomic E-state index is 0.0302. The van der Waals surface area contributed by atoms with Gasteiger partial charge in [-0.15, -0.1) is 0 Å². The number of aromatic nitrogens is 1. The molecular formula is C17H18ClN3OS2. The predicted molar refractivity (Wildman–Crippen MR) is 98.1 cm³/mol. The van der Waals surface area contributed by atoms with Gasteiger partial charge in [-0.3, -0.25) is 4.79 Å². The van der Waals surface area contributed by atoms with Gasteiger partial charge in [0, 0.05) is 23.0 Å². The maximum absolute atomic E-state index is 12.5. The Hall–Kier alpha value is -1.08. The van der Waals surface area contributed by atoms with Crippen molar-refractivity contribution in [1.82, 2.24) is 15.2 Å². The zero-order chi connectivity index (χ0) is 16.5. The van der Waals surface area contributed by atoms with Gasteiger partial charge in [-0.05, 0) is 56.1 Å². The van der Waals surface area contributed by atoms with E-state index in [9.17, 15) is 4.79 Å². The van der Waals surface area contributed by atoms with Crippen LogP contribution in [0.25, 0.3) is 0 Å². The average Bonchev–Trinajstić information content (AvgIpc) is 3.01. The number of benzene rings is 1. The maximum atomic E-state index is 12.5. The Morgan fingerprint density at radius 3 is 2.62 bits per heavy atom. The SMILES string of the molecule is O=C(N[C@H]1CN2CCC1CC2)c1ccc(Sc2ncc(Cl)s2)cc1. The lowest BCUT2D eigenvalue weighted by atomic mass is 9.84. The smallest absolute Gasteiger partial charge is 0.251 e. The first-order chi connectivity index (χ1) is 11.7. The van der Waals surface area contributed by atoms with E-state index in [1.54, 1.807) is 18.0 Å². The zero-order valence-electron chi connectivity index (χ0n) is 13.1. The number of carbonyl (C=O) groups is 1. The highest BCUT2D eigenvalue weighted by molar-refractivity contribution is 8.01. The molecule has 3 saturated heterocycles. The third-order valence-corrected chi connectivity index (χ3v) is 6.95. The lowest BCUT2D eigenvalue weighted by Crippen LogP contribution is -2.57. The van der Waals surface area contributed by atoms with Crippen molar-refractivity contribution in [3.05, 3.63) is 40.4 Å². The van der Waals surface area contributed by atoms with E-state index in [0.717, 1.165) is 15.8 Å². The largest absolute Gasteiger partial charge is 0.348 e. The van der Waals surface area contributed by atoms with Gasteiger partial charge in [0.2, 0.25) is 0 Å². The molecule has 4 heterocycles. The van der Waals surface area contributed by atoms with Crippen LogP contribution in [0.5, 0.6) is 0 Å². The normalized spacial score (nSPS) is 25.6. The third-order valence-electron chi connectivity index (χ3n) is 4.75. The van der Waals surface area contributed by atoms with Crippen LogP contribution in [0.4, 0.5) is 0 Å². The van der Waals surface area contributed by atoms with Crippen LogP contribution in [0.1, 0.15) is 23.2 Å². The summed E-state index contributed by atoms with van der Waals surface area (Å²) in [5.74, 6) is 0.672. The first-order valence-electron chi connectivity index (χ1n) is 8.10. The molecule has 3 aliphatic rings. The quantitative estimate of drug-likeness (QED) is 0.878. The highest BCUT2D eigenvalue weighted by Crippen LogP contribution is 2.33. The van der Waals surface area contributed by atoms with Gasteiger partial charge in [-0.2, -0.15) is 0 Å². The van der Waals surface area contributed by atoms with Crippen molar-refractivity contribution >= 4 is 40.6 Å². The van der Waals surface area contributed by atoms with Crippen LogP contribution in [-0.2, 0) is 0 Å². The van der Waals surface area contributed by atoms with E-state index in [1.165, 1.54) is 37.3 Å². The Balaban J connectivity index is 1.38. The lowest BCUT2D eigenvalue weighted by molar-refractivity contribution is 0.0620. The number of piperidine rings is 3. The van der Waals surface area contributed by atoms with Crippen LogP contribution in [-0.4, -0.2) is 41.5 Å². The molecule has 0 unspecified atom stereocenters. The molecule has 1 aromatic carbocycles. The molecule has 3 fully saturated rings. The second kappa shape index (κ2) is 7.04. The molecule has 1 atom stereocenters. The number of hydrogen-bond acceptors (Lipinski definition) is 5. The van der Waals surface area contributed by atoms with Gasteiger partial charge in [0.05, 0.1) is 6.20 Å². The van der Waals surface area contributed by atoms with E-state index in [0.29, 0.717) is 21.9 Å². The number of amides is 1. The molecule has 0 spiro atoms. The lowest BCUT2D eigenvalue weighted by Gasteiger charge is -2.44. The Kier molecular flexibility index (Phi) is 4.81. The molecule has 0 saturated carbocycles. The van der Waals surface area contributed by atoms with Crippen molar-refractivity contribution in [1.29, 1.82) is 0 Å². The average molecular weight is 380 g/mol. The first-order valence-corrected chi connectivity index (χ1v) is 10.1. The summed E-state index contributed by atoms with van der Waals surface area (Å²) in [7, 11) is 0. The van der Waals surface area contributed by atoms with E-state index >= 15 is 0 Å². The molecule has 24 heavy (non-hydrogen) atoms. The summed E-state index contributed by atoms with van der Waals surface area (Å²) in [4.78, 5) is 20.2. The summed E-state index contributed by atoms with van der Waals surface area (Å²) in [6, 6.07) is 7.99. The fourth-order valence-electron chi connectivity index (χ4n) is 3.44. The van der Waals surface area contributed by atoms with Crippen molar-refractivity contribution < 1.29 is 4.79 Å². The van der Waals surface area contributed by atoms with Gasteiger partial charge < -0.3 is 10.2 Å². The van der Waals surface area contributed by atoms with Crippen molar-refractivity contribution in [2.45, 2.75) is 28.1 Å². The van der Waals surface area contributed by atoms with Gasteiger partial charge in [-0.1, -0.05) is 34.7 Å². The number of nitrogens with zero attached hydrogens (tertiary/aromatic N) is 2. The number of hydrogen-bond donors (Lipinski definition) is 1. The van der Waals surface area contributed by atoms with Crippen molar-refractivity contribution in [2.75, 3.05) is 19.6 Å². The number of carbonyl (C=O) groups excluding carboxylic acids is 1. The zero-order valence-corrected chi connectivity index (χ0v) is 15.5. The van der Waals surface area contributed by atoms with E-state index in [-0.39, 0.29) is 5.91 Å². The molecule has 3 aliphatic heterocycles. The van der Waals surface area contributed by atoms with Crippen LogP contribution < -0.4 is 5.32 Å².